The Bertz CT molecular complexity index is 530. The standard InChI is InChI=1S/C10H13F2N3O2S/c11-9-5-4-8(10(12)13-9)14-18(16,17)15-6-2-1-3-7-15/h4-5,14H,1-3,6-7H2. The zero-order chi connectivity index (χ0) is 13.2. The molecule has 1 aliphatic heterocycles. The second-order valence-corrected chi connectivity index (χ2v) is 5.71. The predicted molar refractivity (Wildman–Crippen MR) is 62.1 cm³/mol. The minimum Gasteiger partial charge on any atom is -0.266 e. The SMILES string of the molecule is O=S(=O)(Nc1ccc(F)nc1F)N1CCCCC1. The monoisotopic (exact) mass is 277 g/mol. The van der Waals surface area contributed by atoms with Crippen molar-refractivity contribution in [1.82, 2.24) is 9.29 Å². The van der Waals surface area contributed by atoms with Crippen LogP contribution in [-0.2, 0) is 10.2 Å². The van der Waals surface area contributed by atoms with Crippen LogP contribution in [0.5, 0.6) is 0 Å². The van der Waals surface area contributed by atoms with Crippen LogP contribution in [0.1, 0.15) is 19.3 Å². The molecule has 0 atom stereocenters. The molecule has 0 bridgehead atoms. The molecule has 18 heavy (non-hydrogen) atoms. The molecule has 1 fully saturated rings. The molecular formula is C10H13F2N3O2S. The maximum atomic E-state index is 13.3. The Labute approximate surface area is 104 Å². The Hall–Kier alpha value is -1.28. The van der Waals surface area contributed by atoms with Crippen molar-refractivity contribution in [2.75, 3.05) is 17.8 Å². The van der Waals surface area contributed by atoms with Crippen molar-refractivity contribution in [1.29, 1.82) is 0 Å². The Morgan fingerprint density at radius 1 is 1.17 bits per heavy atom. The minimum absolute atomic E-state index is 0.345. The van der Waals surface area contributed by atoms with Crippen LogP contribution in [0, 0.1) is 11.9 Å². The molecule has 5 nitrogen and oxygen atoms in total. The number of rotatable bonds is 3. The molecule has 8 heteroatoms. The topological polar surface area (TPSA) is 62.3 Å². The van der Waals surface area contributed by atoms with E-state index in [9.17, 15) is 17.2 Å². The van der Waals surface area contributed by atoms with E-state index in [2.05, 4.69) is 9.71 Å². The first kappa shape index (κ1) is 13.2. The van der Waals surface area contributed by atoms with Gasteiger partial charge in [0.1, 0.15) is 5.69 Å². The smallest absolute Gasteiger partial charge is 0.266 e. The molecule has 0 radical (unpaired) electrons. The average molecular weight is 277 g/mol. The molecule has 2 rings (SSSR count). The first-order valence-electron chi connectivity index (χ1n) is 5.59. The van der Waals surface area contributed by atoms with Crippen molar-refractivity contribution in [3.05, 3.63) is 24.0 Å². The van der Waals surface area contributed by atoms with Crippen molar-refractivity contribution in [2.45, 2.75) is 19.3 Å². The molecule has 1 N–H and O–H groups in total. The maximum Gasteiger partial charge on any atom is 0.301 e. The van der Waals surface area contributed by atoms with Gasteiger partial charge in [0, 0.05) is 13.1 Å². The summed E-state index contributed by atoms with van der Waals surface area (Å²) in [4.78, 5) is 2.92. The van der Waals surface area contributed by atoms with Crippen LogP contribution in [0.25, 0.3) is 0 Å². The van der Waals surface area contributed by atoms with Crippen molar-refractivity contribution in [3.63, 3.8) is 0 Å². The van der Waals surface area contributed by atoms with Gasteiger partial charge < -0.3 is 0 Å². The van der Waals surface area contributed by atoms with Crippen LogP contribution in [-0.4, -0.2) is 30.8 Å². The highest BCUT2D eigenvalue weighted by Crippen LogP contribution is 2.18. The highest BCUT2D eigenvalue weighted by molar-refractivity contribution is 7.90. The zero-order valence-corrected chi connectivity index (χ0v) is 10.4. The number of nitrogens with one attached hydrogen (secondary N) is 1. The van der Waals surface area contributed by atoms with Crippen molar-refractivity contribution < 1.29 is 17.2 Å². The lowest BCUT2D eigenvalue weighted by Crippen LogP contribution is -2.39. The van der Waals surface area contributed by atoms with E-state index in [1.165, 1.54) is 4.31 Å². The molecule has 0 unspecified atom stereocenters. The first-order valence-corrected chi connectivity index (χ1v) is 7.03. The van der Waals surface area contributed by atoms with Gasteiger partial charge in [-0.05, 0) is 25.0 Å². The quantitative estimate of drug-likeness (QED) is 0.852. The summed E-state index contributed by atoms with van der Waals surface area (Å²) in [6.45, 7) is 0.817. The lowest BCUT2D eigenvalue weighted by Gasteiger charge is -2.26. The Morgan fingerprint density at radius 3 is 2.44 bits per heavy atom. The second-order valence-electron chi connectivity index (χ2n) is 4.04. The Morgan fingerprint density at radius 2 is 1.83 bits per heavy atom. The summed E-state index contributed by atoms with van der Waals surface area (Å²) in [5.74, 6) is -2.16. The fourth-order valence-corrected chi connectivity index (χ4v) is 3.10. The van der Waals surface area contributed by atoms with E-state index in [0.29, 0.717) is 13.1 Å². The number of halogens is 2. The second kappa shape index (κ2) is 5.15. The van der Waals surface area contributed by atoms with Crippen LogP contribution in [0.4, 0.5) is 14.5 Å². The lowest BCUT2D eigenvalue weighted by atomic mass is 10.2. The van der Waals surface area contributed by atoms with Gasteiger partial charge in [0.2, 0.25) is 11.9 Å². The molecule has 0 amide bonds. The number of piperidine rings is 1. The molecule has 0 aliphatic carbocycles. The van der Waals surface area contributed by atoms with Crippen LogP contribution < -0.4 is 4.72 Å². The van der Waals surface area contributed by atoms with Crippen LogP contribution in [0.2, 0.25) is 0 Å². The summed E-state index contributed by atoms with van der Waals surface area (Å²) >= 11 is 0. The lowest BCUT2D eigenvalue weighted by molar-refractivity contribution is 0.349. The van der Waals surface area contributed by atoms with E-state index >= 15 is 0 Å². The van der Waals surface area contributed by atoms with Gasteiger partial charge in [-0.1, -0.05) is 6.42 Å². The molecule has 1 saturated heterocycles. The number of anilines is 1. The van der Waals surface area contributed by atoms with Crippen molar-refractivity contribution in [3.8, 4) is 0 Å². The molecule has 0 aromatic carbocycles. The van der Waals surface area contributed by atoms with Gasteiger partial charge in [0.15, 0.2) is 0 Å². The fraction of sp³-hybridized carbons (Fsp3) is 0.500. The van der Waals surface area contributed by atoms with E-state index in [1.54, 1.807) is 0 Å². The molecule has 1 aromatic heterocycles. The van der Waals surface area contributed by atoms with E-state index in [-0.39, 0.29) is 5.69 Å². The van der Waals surface area contributed by atoms with Crippen LogP contribution >= 0.6 is 0 Å². The summed E-state index contributed by atoms with van der Waals surface area (Å²) in [6.07, 6.45) is 2.55. The van der Waals surface area contributed by atoms with Gasteiger partial charge >= 0.3 is 10.2 Å². The number of pyridine rings is 1. The molecule has 0 spiro atoms. The summed E-state index contributed by atoms with van der Waals surface area (Å²) in [5.41, 5.74) is -0.345. The number of nitrogens with zero attached hydrogens (tertiary/aromatic N) is 2. The normalized spacial score (nSPS) is 17.7. The molecule has 0 saturated carbocycles. The average Bonchev–Trinajstić information content (AvgIpc) is 2.34. The third-order valence-electron chi connectivity index (χ3n) is 2.71. The zero-order valence-electron chi connectivity index (χ0n) is 9.57. The number of hydrogen-bond acceptors (Lipinski definition) is 3. The van der Waals surface area contributed by atoms with E-state index < -0.39 is 22.1 Å². The summed E-state index contributed by atoms with van der Waals surface area (Å²) in [7, 11) is -3.79. The van der Waals surface area contributed by atoms with Crippen LogP contribution in [0.3, 0.4) is 0 Å². The summed E-state index contributed by atoms with van der Waals surface area (Å²) < 4.78 is 53.0. The van der Waals surface area contributed by atoms with Gasteiger partial charge in [-0.3, -0.25) is 4.72 Å². The fourth-order valence-electron chi connectivity index (χ4n) is 1.80. The van der Waals surface area contributed by atoms with E-state index in [0.717, 1.165) is 31.4 Å². The van der Waals surface area contributed by atoms with Gasteiger partial charge in [-0.2, -0.15) is 26.5 Å². The van der Waals surface area contributed by atoms with E-state index in [4.69, 9.17) is 0 Å². The Kier molecular flexibility index (Phi) is 3.76. The van der Waals surface area contributed by atoms with Gasteiger partial charge in [-0.25, -0.2) is 0 Å². The molecular weight excluding hydrogens is 264 g/mol. The predicted octanol–water partition coefficient (Wildman–Crippen LogP) is 1.50. The van der Waals surface area contributed by atoms with Gasteiger partial charge in [0.05, 0.1) is 0 Å². The first-order chi connectivity index (χ1) is 8.49. The van der Waals surface area contributed by atoms with Gasteiger partial charge in [0.25, 0.3) is 0 Å². The number of aromatic nitrogens is 1. The summed E-state index contributed by atoms with van der Waals surface area (Å²) in [5, 5.41) is 0. The molecule has 1 aliphatic rings. The van der Waals surface area contributed by atoms with Crippen molar-refractivity contribution in [2.24, 2.45) is 0 Å². The number of hydrogen-bond donors (Lipinski definition) is 1. The maximum absolute atomic E-state index is 13.3. The van der Waals surface area contributed by atoms with Crippen LogP contribution in [0.15, 0.2) is 12.1 Å². The third kappa shape index (κ3) is 2.94. The third-order valence-corrected chi connectivity index (χ3v) is 4.23. The Balaban J connectivity index is 2.16. The van der Waals surface area contributed by atoms with Gasteiger partial charge in [-0.15, -0.1) is 0 Å². The molecule has 100 valence electrons. The molecule has 2 heterocycles. The van der Waals surface area contributed by atoms with E-state index in [1.807, 2.05) is 0 Å². The minimum atomic E-state index is -3.79. The molecule has 1 aromatic rings. The highest BCUT2D eigenvalue weighted by atomic mass is 32.2. The highest BCUT2D eigenvalue weighted by Gasteiger charge is 2.24. The largest absolute Gasteiger partial charge is 0.301 e. The summed E-state index contributed by atoms with van der Waals surface area (Å²) in [6, 6.07) is 1.91. The van der Waals surface area contributed by atoms with Crippen molar-refractivity contribution >= 4 is 15.9 Å².